The molecule has 20 heavy (non-hydrogen) atoms. The molecule has 0 amide bonds. The van der Waals surface area contributed by atoms with Gasteiger partial charge in [-0.25, -0.2) is 0 Å². The minimum absolute atomic E-state index is 0.345. The summed E-state index contributed by atoms with van der Waals surface area (Å²) in [6.45, 7) is 4.13. The van der Waals surface area contributed by atoms with E-state index in [1.807, 2.05) is 31.2 Å². The Bertz CT molecular complexity index is 664. The molecule has 0 aliphatic carbocycles. The van der Waals surface area contributed by atoms with Crippen molar-refractivity contribution in [3.05, 3.63) is 54.1 Å². The van der Waals surface area contributed by atoms with Gasteiger partial charge < -0.3 is 0 Å². The van der Waals surface area contributed by atoms with Crippen LogP contribution in [0.25, 0.3) is 0 Å². The molecular formula is C15H17HgNO2S. The summed E-state index contributed by atoms with van der Waals surface area (Å²) >= 11 is -0.972. The number of benzene rings is 2. The van der Waals surface area contributed by atoms with Gasteiger partial charge in [-0.05, 0) is 0 Å². The summed E-state index contributed by atoms with van der Waals surface area (Å²) in [4.78, 5) is 0.692. The molecule has 0 radical (unpaired) electrons. The average Bonchev–Trinajstić information content (AvgIpc) is 2.46. The van der Waals surface area contributed by atoms with E-state index >= 15 is 0 Å². The Morgan fingerprint density at radius 2 is 1.45 bits per heavy atom. The number of nitrogens with one attached hydrogen (secondary N) is 1. The average molecular weight is 476 g/mol. The van der Waals surface area contributed by atoms with Crippen LogP contribution in [0.3, 0.4) is 0 Å². The quantitative estimate of drug-likeness (QED) is 0.671. The van der Waals surface area contributed by atoms with Crippen molar-refractivity contribution in [1.82, 2.24) is 0 Å². The predicted octanol–water partition coefficient (Wildman–Crippen LogP) is 3.68. The molecule has 2 rings (SSSR count). The molecular weight excluding hydrogens is 459 g/mol. The second-order valence-electron chi connectivity index (χ2n) is 4.77. The van der Waals surface area contributed by atoms with Gasteiger partial charge in [-0.1, -0.05) is 0 Å². The molecule has 0 heterocycles. The molecule has 0 aliphatic rings. The maximum atomic E-state index is 12.5. The summed E-state index contributed by atoms with van der Waals surface area (Å²) in [5, 5.41) is 0. The standard InChI is InChI=1S/C13H12NO2S.C2H5.Hg/c1-10-2-6-12(7-3-10)17(15,16)13-8-4-11(14)5-9-13;1-2;/h2-9,14H,1H3;1H2,2H3;/q-1;;+1. The van der Waals surface area contributed by atoms with E-state index in [1.165, 1.54) is 3.93 Å². The Labute approximate surface area is 133 Å². The second kappa shape index (κ2) is 6.72. The van der Waals surface area contributed by atoms with E-state index in [1.54, 1.807) is 24.3 Å². The van der Waals surface area contributed by atoms with Gasteiger partial charge in [0, 0.05) is 0 Å². The molecule has 0 aliphatic heterocycles. The van der Waals surface area contributed by atoms with Gasteiger partial charge >= 0.3 is 134 Å². The summed E-state index contributed by atoms with van der Waals surface area (Å²) in [6.07, 6.45) is 0. The van der Waals surface area contributed by atoms with Crippen LogP contribution in [0.5, 0.6) is 0 Å². The zero-order valence-corrected chi connectivity index (χ0v) is 18.1. The van der Waals surface area contributed by atoms with E-state index in [4.69, 9.17) is 0 Å². The number of hydrogen-bond acceptors (Lipinski definition) is 3. The van der Waals surface area contributed by atoms with Crippen molar-refractivity contribution in [2.45, 2.75) is 27.6 Å². The van der Waals surface area contributed by atoms with Gasteiger partial charge in [0.2, 0.25) is 0 Å². The summed E-state index contributed by atoms with van der Waals surface area (Å²) in [6, 6.07) is 14.0. The predicted molar refractivity (Wildman–Crippen MR) is 77.2 cm³/mol. The molecule has 0 aromatic heterocycles. The maximum absolute atomic E-state index is 12.5. The molecule has 2 aromatic carbocycles. The number of hydrogen-bond donors (Lipinski definition) is 1. The first-order valence-corrected chi connectivity index (χ1v) is 14.8. The van der Waals surface area contributed by atoms with Gasteiger partial charge in [0.05, 0.1) is 0 Å². The van der Waals surface area contributed by atoms with Gasteiger partial charge in [0.25, 0.3) is 0 Å². The van der Waals surface area contributed by atoms with Crippen molar-refractivity contribution >= 4 is 15.5 Å². The first kappa shape index (κ1) is 15.5. The summed E-state index contributed by atoms with van der Waals surface area (Å²) in [7, 11) is -3.40. The van der Waals surface area contributed by atoms with Crippen LogP contribution < -0.4 is 3.08 Å². The van der Waals surface area contributed by atoms with Gasteiger partial charge in [0.15, 0.2) is 0 Å². The van der Waals surface area contributed by atoms with Gasteiger partial charge in [0.1, 0.15) is 0 Å². The van der Waals surface area contributed by atoms with Crippen molar-refractivity contribution in [3.8, 4) is 0 Å². The molecule has 0 spiro atoms. The van der Waals surface area contributed by atoms with Crippen LogP contribution in [-0.2, 0) is 34.7 Å². The Morgan fingerprint density at radius 3 is 1.95 bits per heavy atom. The van der Waals surface area contributed by atoms with Gasteiger partial charge in [-0.2, -0.15) is 0 Å². The van der Waals surface area contributed by atoms with E-state index in [0.717, 1.165) is 11.3 Å². The van der Waals surface area contributed by atoms with Crippen LogP contribution in [0.2, 0.25) is 3.93 Å². The number of sulfone groups is 1. The first-order chi connectivity index (χ1) is 9.54. The molecule has 0 fully saturated rings. The third kappa shape index (κ3) is 3.61. The minimum atomic E-state index is -3.40. The molecule has 5 heteroatoms. The number of rotatable bonds is 5. The number of anilines is 1. The topological polar surface area (TPSA) is 46.2 Å². The Hall–Kier alpha value is -0.875. The Balaban J connectivity index is 2.27. The fourth-order valence-corrected chi connectivity index (χ4v) is 6.15. The zero-order valence-electron chi connectivity index (χ0n) is 11.8. The third-order valence-electron chi connectivity index (χ3n) is 3.08. The molecule has 0 saturated carbocycles. The van der Waals surface area contributed by atoms with Crippen molar-refractivity contribution in [2.24, 2.45) is 0 Å². The third-order valence-corrected chi connectivity index (χ3v) is 9.36. The zero-order chi connectivity index (χ0) is 14.6. The van der Waals surface area contributed by atoms with Crippen molar-refractivity contribution in [3.63, 3.8) is 0 Å². The molecule has 0 atom stereocenters. The van der Waals surface area contributed by atoms with E-state index in [9.17, 15) is 8.42 Å². The van der Waals surface area contributed by atoms with Crippen LogP contribution in [0, 0.1) is 6.92 Å². The fraction of sp³-hybridized carbons (Fsp3) is 0.200. The number of aryl methyl sites for hydroxylation is 1. The van der Waals surface area contributed by atoms with Crippen LogP contribution in [0.15, 0.2) is 58.3 Å². The molecule has 0 bridgehead atoms. The van der Waals surface area contributed by atoms with E-state index < -0.39 is 34.7 Å². The Kier molecular flexibility index (Phi) is 5.21. The van der Waals surface area contributed by atoms with Crippen molar-refractivity contribution < 1.29 is 33.3 Å². The van der Waals surface area contributed by atoms with E-state index in [2.05, 4.69) is 10.0 Å². The molecule has 102 valence electrons. The normalized spacial score (nSPS) is 10.9. The Morgan fingerprint density at radius 1 is 0.950 bits per heavy atom. The summed E-state index contributed by atoms with van der Waals surface area (Å²) < 4.78 is 29.6. The van der Waals surface area contributed by atoms with Crippen LogP contribution >= 0.6 is 0 Å². The fourth-order valence-electron chi connectivity index (χ4n) is 1.87. The summed E-state index contributed by atoms with van der Waals surface area (Å²) in [5.41, 5.74) is 2.09. The van der Waals surface area contributed by atoms with Crippen LogP contribution in [-0.4, -0.2) is 8.42 Å². The van der Waals surface area contributed by atoms with Crippen molar-refractivity contribution in [2.75, 3.05) is 3.08 Å². The molecule has 0 unspecified atom stereocenters. The molecule has 2 aromatic rings. The van der Waals surface area contributed by atoms with Crippen LogP contribution in [0.1, 0.15) is 12.5 Å². The second-order valence-corrected chi connectivity index (χ2v) is 13.9. The van der Waals surface area contributed by atoms with E-state index in [-0.39, 0.29) is 0 Å². The molecule has 0 saturated heterocycles. The monoisotopic (exact) mass is 477 g/mol. The van der Waals surface area contributed by atoms with E-state index in [0.29, 0.717) is 9.79 Å². The van der Waals surface area contributed by atoms with Gasteiger partial charge in [-0.3, -0.25) is 0 Å². The molecule has 3 nitrogen and oxygen atoms in total. The SMILES string of the molecule is C[CH2][Hg][NH]c1ccc(S(=O)(=O)c2ccc(C)cc2)cc1. The van der Waals surface area contributed by atoms with Crippen LogP contribution in [0.4, 0.5) is 5.69 Å². The molecule has 1 N–H and O–H groups in total. The van der Waals surface area contributed by atoms with Gasteiger partial charge in [-0.15, -0.1) is 0 Å². The summed E-state index contributed by atoms with van der Waals surface area (Å²) in [5.74, 6) is 0. The first-order valence-electron chi connectivity index (χ1n) is 6.69. The van der Waals surface area contributed by atoms with Crippen molar-refractivity contribution in [1.29, 1.82) is 0 Å².